The van der Waals surface area contributed by atoms with Crippen molar-refractivity contribution in [2.24, 2.45) is 0 Å². The molecule has 1 aliphatic heterocycles. The van der Waals surface area contributed by atoms with Crippen molar-refractivity contribution in [1.29, 1.82) is 0 Å². The molecule has 21 heavy (non-hydrogen) atoms. The summed E-state index contributed by atoms with van der Waals surface area (Å²) in [6.45, 7) is 1.28. The molecule has 4 rings (SSSR count). The average molecular weight is 365 g/mol. The summed E-state index contributed by atoms with van der Waals surface area (Å²) < 4.78 is 11.3. The number of alkyl halides is 1. The van der Waals surface area contributed by atoms with E-state index < -0.39 is 0 Å². The minimum absolute atomic E-state index is 0.240. The van der Waals surface area contributed by atoms with Crippen molar-refractivity contribution >= 4 is 27.3 Å². The highest BCUT2D eigenvalue weighted by molar-refractivity contribution is 9.09. The number of ether oxygens (including phenoxy) is 2. The molecule has 1 aromatic heterocycles. The van der Waals surface area contributed by atoms with Gasteiger partial charge >= 0.3 is 0 Å². The zero-order chi connectivity index (χ0) is 14.2. The molecule has 0 saturated carbocycles. The Kier molecular flexibility index (Phi) is 3.67. The van der Waals surface area contributed by atoms with Gasteiger partial charge < -0.3 is 9.47 Å². The van der Waals surface area contributed by atoms with E-state index in [-0.39, 0.29) is 4.83 Å². The van der Waals surface area contributed by atoms with Gasteiger partial charge in [-0.15, -0.1) is 11.3 Å². The second-order valence-electron chi connectivity index (χ2n) is 5.57. The van der Waals surface area contributed by atoms with Crippen LogP contribution in [0.3, 0.4) is 0 Å². The normalized spacial score (nSPS) is 18.1. The number of hydrogen-bond donors (Lipinski definition) is 0. The van der Waals surface area contributed by atoms with Gasteiger partial charge in [0.25, 0.3) is 0 Å². The smallest absolute Gasteiger partial charge is 0.161 e. The van der Waals surface area contributed by atoms with Crippen molar-refractivity contribution in [2.45, 2.75) is 30.5 Å². The molecule has 1 unspecified atom stereocenters. The quantitative estimate of drug-likeness (QED) is 0.706. The fourth-order valence-electron chi connectivity index (χ4n) is 3.02. The van der Waals surface area contributed by atoms with Crippen LogP contribution in [0.25, 0.3) is 0 Å². The summed E-state index contributed by atoms with van der Waals surface area (Å²) in [5, 5.41) is 0. The lowest BCUT2D eigenvalue weighted by atomic mass is 9.99. The van der Waals surface area contributed by atoms with Crippen molar-refractivity contribution in [3.63, 3.8) is 0 Å². The molecular weight excluding hydrogens is 348 g/mol. The molecule has 4 heteroatoms. The topological polar surface area (TPSA) is 18.5 Å². The van der Waals surface area contributed by atoms with Gasteiger partial charge in [-0.05, 0) is 55.0 Å². The summed E-state index contributed by atoms with van der Waals surface area (Å²) in [6, 6.07) is 8.64. The molecule has 110 valence electrons. The Morgan fingerprint density at radius 3 is 2.67 bits per heavy atom. The van der Waals surface area contributed by atoms with E-state index in [0.717, 1.165) is 11.5 Å². The van der Waals surface area contributed by atoms with Crippen molar-refractivity contribution in [2.75, 3.05) is 13.2 Å². The zero-order valence-corrected chi connectivity index (χ0v) is 14.1. The molecule has 0 fully saturated rings. The van der Waals surface area contributed by atoms with Gasteiger partial charge in [-0.2, -0.15) is 0 Å². The predicted octanol–water partition coefficient (Wildman–Crippen LogP) is 4.88. The largest absolute Gasteiger partial charge is 0.486 e. The highest BCUT2D eigenvalue weighted by Crippen LogP contribution is 2.42. The standard InChI is InChI=1S/C17H17BrO2S/c18-17(16-10-11-3-1-2-4-15(11)21-16)12-5-6-13-14(9-12)20-8-7-19-13/h5-6,9-10,17H,1-4,7-8H2. The fourth-order valence-corrected chi connectivity index (χ4v) is 4.98. The molecule has 0 N–H and O–H groups in total. The zero-order valence-electron chi connectivity index (χ0n) is 11.7. The summed E-state index contributed by atoms with van der Waals surface area (Å²) in [4.78, 5) is 3.22. The Morgan fingerprint density at radius 2 is 1.81 bits per heavy atom. The monoisotopic (exact) mass is 364 g/mol. The molecule has 2 heterocycles. The molecule has 2 nitrogen and oxygen atoms in total. The van der Waals surface area contributed by atoms with Crippen LogP contribution in [0.4, 0.5) is 0 Å². The van der Waals surface area contributed by atoms with Crippen LogP contribution < -0.4 is 9.47 Å². The number of halogens is 1. The van der Waals surface area contributed by atoms with Crippen molar-refractivity contribution < 1.29 is 9.47 Å². The van der Waals surface area contributed by atoms with Crippen LogP contribution in [0.1, 0.15) is 38.6 Å². The second kappa shape index (κ2) is 5.65. The number of rotatable bonds is 2. The molecule has 2 aromatic rings. The van der Waals surface area contributed by atoms with Gasteiger partial charge in [0.05, 0.1) is 4.83 Å². The van der Waals surface area contributed by atoms with E-state index in [1.165, 1.54) is 36.1 Å². The Labute approximate surface area is 137 Å². The molecule has 0 radical (unpaired) electrons. The van der Waals surface area contributed by atoms with E-state index in [0.29, 0.717) is 13.2 Å². The first-order valence-corrected chi connectivity index (χ1v) is 9.19. The Bertz CT molecular complexity index is 641. The number of aryl methyl sites for hydroxylation is 2. The van der Waals surface area contributed by atoms with Gasteiger partial charge in [0.15, 0.2) is 11.5 Å². The summed E-state index contributed by atoms with van der Waals surface area (Å²) >= 11 is 5.82. The van der Waals surface area contributed by atoms with Crippen molar-refractivity contribution in [3.8, 4) is 11.5 Å². The van der Waals surface area contributed by atoms with E-state index in [1.807, 2.05) is 17.4 Å². The first-order valence-electron chi connectivity index (χ1n) is 7.46. The van der Waals surface area contributed by atoms with Gasteiger partial charge in [-0.1, -0.05) is 22.0 Å². The number of benzene rings is 1. The minimum atomic E-state index is 0.240. The maximum atomic E-state index is 5.69. The first-order chi connectivity index (χ1) is 10.3. The molecule has 1 aliphatic carbocycles. The van der Waals surface area contributed by atoms with E-state index in [1.54, 1.807) is 10.4 Å². The lowest BCUT2D eigenvalue weighted by Crippen LogP contribution is -2.15. The third-order valence-corrected chi connectivity index (χ3v) is 6.75. The molecule has 0 amide bonds. The third kappa shape index (κ3) is 2.59. The molecule has 0 saturated heterocycles. The van der Waals surface area contributed by atoms with Gasteiger partial charge in [0, 0.05) is 9.75 Å². The van der Waals surface area contributed by atoms with Crippen LogP contribution in [0, 0.1) is 0 Å². The summed E-state index contributed by atoms with van der Waals surface area (Å²) in [7, 11) is 0. The van der Waals surface area contributed by atoms with E-state index in [2.05, 4.69) is 34.1 Å². The third-order valence-electron chi connectivity index (χ3n) is 4.12. The van der Waals surface area contributed by atoms with E-state index in [9.17, 15) is 0 Å². The van der Waals surface area contributed by atoms with Gasteiger partial charge in [-0.3, -0.25) is 0 Å². The lowest BCUT2D eigenvalue weighted by Gasteiger charge is -2.19. The SMILES string of the molecule is BrC(c1ccc2c(c1)OCCO2)c1cc2c(s1)CCCC2. The molecule has 1 atom stereocenters. The highest BCUT2D eigenvalue weighted by atomic mass is 79.9. The lowest BCUT2D eigenvalue weighted by molar-refractivity contribution is 0.171. The Hall–Kier alpha value is -1.000. The van der Waals surface area contributed by atoms with Gasteiger partial charge in [0.2, 0.25) is 0 Å². The van der Waals surface area contributed by atoms with Crippen LogP contribution in [0.15, 0.2) is 24.3 Å². The van der Waals surface area contributed by atoms with E-state index in [4.69, 9.17) is 9.47 Å². The molecule has 2 aliphatic rings. The Morgan fingerprint density at radius 1 is 1.00 bits per heavy atom. The van der Waals surface area contributed by atoms with Crippen LogP contribution in [0.5, 0.6) is 11.5 Å². The number of hydrogen-bond acceptors (Lipinski definition) is 3. The predicted molar refractivity (Wildman–Crippen MR) is 89.2 cm³/mol. The maximum absolute atomic E-state index is 5.69. The van der Waals surface area contributed by atoms with Gasteiger partial charge in [0.1, 0.15) is 13.2 Å². The number of fused-ring (bicyclic) bond motifs is 2. The highest BCUT2D eigenvalue weighted by Gasteiger charge is 2.20. The second-order valence-corrected chi connectivity index (χ2v) is 7.65. The van der Waals surface area contributed by atoms with Crippen LogP contribution >= 0.6 is 27.3 Å². The molecular formula is C17H17BrO2S. The van der Waals surface area contributed by atoms with Gasteiger partial charge in [-0.25, -0.2) is 0 Å². The molecule has 0 spiro atoms. The maximum Gasteiger partial charge on any atom is 0.161 e. The average Bonchev–Trinajstić information content (AvgIpc) is 2.97. The van der Waals surface area contributed by atoms with Crippen LogP contribution in [0.2, 0.25) is 0 Å². The van der Waals surface area contributed by atoms with Crippen LogP contribution in [-0.4, -0.2) is 13.2 Å². The first kappa shape index (κ1) is 13.6. The fraction of sp³-hybridized carbons (Fsp3) is 0.412. The van der Waals surface area contributed by atoms with E-state index >= 15 is 0 Å². The minimum Gasteiger partial charge on any atom is -0.486 e. The van der Waals surface area contributed by atoms with Crippen molar-refractivity contribution in [3.05, 3.63) is 45.1 Å². The number of thiophene rings is 1. The van der Waals surface area contributed by atoms with Crippen molar-refractivity contribution in [1.82, 2.24) is 0 Å². The molecule has 0 bridgehead atoms. The summed E-state index contributed by atoms with van der Waals surface area (Å²) in [5.41, 5.74) is 2.79. The molecule has 1 aromatic carbocycles. The van der Waals surface area contributed by atoms with Crippen LogP contribution in [-0.2, 0) is 12.8 Å². The Balaban J connectivity index is 1.64. The summed E-state index contributed by atoms with van der Waals surface area (Å²) in [6.07, 6.45) is 5.16. The summed E-state index contributed by atoms with van der Waals surface area (Å²) in [5.74, 6) is 1.72.